The maximum absolute atomic E-state index is 12.6. The maximum atomic E-state index is 12.6. The lowest BCUT2D eigenvalue weighted by Gasteiger charge is -2.39. The molecule has 1 fully saturated rings. The number of hydrogen-bond acceptors (Lipinski definition) is 9. The highest BCUT2D eigenvalue weighted by Gasteiger charge is 2.44. The molecular weight excluding hydrogens is 624 g/mol. The normalized spacial score (nSPS) is 22.6. The molecule has 0 aromatic carbocycles. The zero-order valence-electron chi connectivity index (χ0n) is 30.2. The van der Waals surface area contributed by atoms with Crippen molar-refractivity contribution in [2.75, 3.05) is 26.4 Å². The Balaban J connectivity index is 2.38. The van der Waals surface area contributed by atoms with Crippen molar-refractivity contribution < 1.29 is 44.2 Å². The van der Waals surface area contributed by atoms with Crippen LogP contribution < -0.4 is 0 Å². The summed E-state index contributed by atoms with van der Waals surface area (Å²) in [5, 5.41) is 39.8. The summed E-state index contributed by atoms with van der Waals surface area (Å²) in [6, 6.07) is 0. The van der Waals surface area contributed by atoms with Gasteiger partial charge in [-0.05, 0) is 51.4 Å². The van der Waals surface area contributed by atoms with Gasteiger partial charge in [-0.25, -0.2) is 0 Å². The van der Waals surface area contributed by atoms with Gasteiger partial charge in [0.15, 0.2) is 6.29 Å². The molecule has 0 bridgehead atoms. The fraction of sp³-hybridized carbons (Fsp3) is 0.675. The summed E-state index contributed by atoms with van der Waals surface area (Å²) in [6.07, 6.45) is 32.4. The van der Waals surface area contributed by atoms with Gasteiger partial charge in [0.2, 0.25) is 0 Å². The molecule has 6 unspecified atom stereocenters. The van der Waals surface area contributed by atoms with Crippen LogP contribution in [0.4, 0.5) is 0 Å². The van der Waals surface area contributed by atoms with E-state index in [1.54, 1.807) is 0 Å². The molecule has 9 heteroatoms. The number of unbranched alkanes of at least 4 members (excludes halogenated alkanes) is 6. The number of hydrogen-bond donors (Lipinski definition) is 4. The van der Waals surface area contributed by atoms with Gasteiger partial charge in [0.1, 0.15) is 30.5 Å². The Labute approximate surface area is 296 Å². The van der Waals surface area contributed by atoms with Gasteiger partial charge in [-0.1, -0.05) is 125 Å². The Hall–Kier alpha value is -2.37. The molecule has 0 aromatic rings. The van der Waals surface area contributed by atoms with E-state index in [4.69, 9.17) is 18.9 Å². The van der Waals surface area contributed by atoms with E-state index in [0.717, 1.165) is 57.8 Å². The smallest absolute Gasteiger partial charge is 0.306 e. The first-order chi connectivity index (χ1) is 23.9. The van der Waals surface area contributed by atoms with E-state index < -0.39 is 49.4 Å². The molecule has 1 saturated heterocycles. The molecule has 0 aliphatic carbocycles. The standard InChI is InChI=1S/C40H66O9/c1-3-5-7-9-11-12-13-14-15-16-17-18-19-20-21-22-23-25-27-29-36(42)48-34(32-46-30-28-26-24-10-8-6-4-2)33-47-40-39(45)38(44)37(43)35(31-41)49-40/h5,7,11-12,14-15,17-18,20-21,23,25,34-35,37-41,43-45H,3-4,6,8-10,13,16,19,22,24,26-33H2,1-2H3/b7-5-,12-11-,15-14-,18-17-,21-20-,25-23-. The molecule has 1 heterocycles. The Kier molecular flexibility index (Phi) is 28.8. The number of carbonyl (C=O) groups excluding carboxylic acids is 1. The molecule has 4 N–H and O–H groups in total. The number of aliphatic hydroxyl groups excluding tert-OH is 4. The Morgan fingerprint density at radius 3 is 1.76 bits per heavy atom. The first-order valence-corrected chi connectivity index (χ1v) is 18.5. The van der Waals surface area contributed by atoms with Crippen molar-refractivity contribution >= 4 is 5.97 Å². The highest BCUT2D eigenvalue weighted by atomic mass is 16.7. The minimum Gasteiger partial charge on any atom is -0.457 e. The fourth-order valence-corrected chi connectivity index (χ4v) is 4.99. The van der Waals surface area contributed by atoms with Crippen LogP contribution in [0.3, 0.4) is 0 Å². The predicted molar refractivity (Wildman–Crippen MR) is 196 cm³/mol. The van der Waals surface area contributed by atoms with Crippen LogP contribution in [-0.2, 0) is 23.7 Å². The van der Waals surface area contributed by atoms with Crippen molar-refractivity contribution in [3.63, 3.8) is 0 Å². The highest BCUT2D eigenvalue weighted by molar-refractivity contribution is 5.69. The summed E-state index contributed by atoms with van der Waals surface area (Å²) in [5.41, 5.74) is 0. The SMILES string of the molecule is CC/C=C\C/C=C\C/C=C\C/C=C\C/C=C\C/C=C\CCC(=O)OC(COCCCCCCCCC)COC1OC(CO)C(O)C(O)C1O. The van der Waals surface area contributed by atoms with Crippen LogP contribution in [0.25, 0.3) is 0 Å². The second-order valence-corrected chi connectivity index (χ2v) is 12.3. The van der Waals surface area contributed by atoms with Crippen molar-refractivity contribution in [3.8, 4) is 0 Å². The second-order valence-electron chi connectivity index (χ2n) is 12.3. The summed E-state index contributed by atoms with van der Waals surface area (Å²) >= 11 is 0. The largest absolute Gasteiger partial charge is 0.457 e. The molecule has 0 amide bonds. The molecule has 1 aliphatic heterocycles. The Bertz CT molecular complexity index is 969. The lowest BCUT2D eigenvalue weighted by molar-refractivity contribution is -0.305. The first-order valence-electron chi connectivity index (χ1n) is 18.5. The Morgan fingerprint density at radius 2 is 1.20 bits per heavy atom. The third-order valence-electron chi connectivity index (χ3n) is 7.90. The van der Waals surface area contributed by atoms with E-state index >= 15 is 0 Å². The number of rotatable bonds is 29. The van der Waals surface area contributed by atoms with Gasteiger partial charge in [0.05, 0.1) is 19.8 Å². The lowest BCUT2D eigenvalue weighted by atomic mass is 9.99. The third-order valence-corrected chi connectivity index (χ3v) is 7.90. The fourth-order valence-electron chi connectivity index (χ4n) is 4.99. The summed E-state index contributed by atoms with van der Waals surface area (Å²) in [6.45, 7) is 4.27. The minimum absolute atomic E-state index is 0.110. The molecule has 0 aromatic heterocycles. The van der Waals surface area contributed by atoms with Crippen LogP contribution in [0.5, 0.6) is 0 Å². The first kappa shape index (κ1) is 44.7. The summed E-state index contributed by atoms with van der Waals surface area (Å²) < 4.78 is 22.5. The molecule has 0 radical (unpaired) electrons. The quantitative estimate of drug-likeness (QED) is 0.0373. The van der Waals surface area contributed by atoms with E-state index in [9.17, 15) is 25.2 Å². The monoisotopic (exact) mass is 690 g/mol. The molecule has 0 saturated carbocycles. The lowest BCUT2D eigenvalue weighted by Crippen LogP contribution is -2.59. The van der Waals surface area contributed by atoms with Crippen LogP contribution in [0.2, 0.25) is 0 Å². The maximum Gasteiger partial charge on any atom is 0.306 e. The van der Waals surface area contributed by atoms with Gasteiger partial charge < -0.3 is 39.4 Å². The predicted octanol–water partition coefficient (Wildman–Crippen LogP) is 6.96. The molecule has 1 rings (SSSR count). The third kappa shape index (κ3) is 23.6. The average Bonchev–Trinajstić information content (AvgIpc) is 3.10. The number of aliphatic hydroxyl groups is 4. The van der Waals surface area contributed by atoms with Gasteiger partial charge >= 0.3 is 5.97 Å². The minimum atomic E-state index is -1.55. The summed E-state index contributed by atoms with van der Waals surface area (Å²) in [5.74, 6) is -0.401. The molecule has 0 spiro atoms. The summed E-state index contributed by atoms with van der Waals surface area (Å²) in [7, 11) is 0. The van der Waals surface area contributed by atoms with Crippen molar-refractivity contribution in [1.82, 2.24) is 0 Å². The molecule has 280 valence electrons. The van der Waals surface area contributed by atoms with Gasteiger partial charge in [0, 0.05) is 13.0 Å². The van der Waals surface area contributed by atoms with E-state index in [1.165, 1.54) is 25.7 Å². The van der Waals surface area contributed by atoms with Gasteiger partial charge in [-0.15, -0.1) is 0 Å². The Morgan fingerprint density at radius 1 is 0.673 bits per heavy atom. The summed E-state index contributed by atoms with van der Waals surface area (Å²) in [4.78, 5) is 12.6. The van der Waals surface area contributed by atoms with E-state index in [1.807, 2.05) is 12.2 Å². The highest BCUT2D eigenvalue weighted by Crippen LogP contribution is 2.22. The van der Waals surface area contributed by atoms with Crippen molar-refractivity contribution in [2.45, 2.75) is 147 Å². The molecule has 1 aliphatic rings. The second kappa shape index (κ2) is 31.6. The van der Waals surface area contributed by atoms with Crippen LogP contribution in [-0.4, -0.2) is 89.6 Å². The number of carbonyl (C=O) groups is 1. The van der Waals surface area contributed by atoms with E-state index in [-0.39, 0.29) is 19.6 Å². The zero-order chi connectivity index (χ0) is 35.8. The molecule has 9 nitrogen and oxygen atoms in total. The topological polar surface area (TPSA) is 135 Å². The van der Waals surface area contributed by atoms with Crippen LogP contribution >= 0.6 is 0 Å². The van der Waals surface area contributed by atoms with Gasteiger partial charge in [-0.3, -0.25) is 4.79 Å². The molecule has 49 heavy (non-hydrogen) atoms. The number of ether oxygens (including phenoxy) is 4. The number of allylic oxidation sites excluding steroid dienone is 12. The van der Waals surface area contributed by atoms with Crippen molar-refractivity contribution in [1.29, 1.82) is 0 Å². The van der Waals surface area contributed by atoms with E-state index in [2.05, 4.69) is 74.6 Å². The molecule has 6 atom stereocenters. The molecular formula is C40H66O9. The van der Waals surface area contributed by atoms with Gasteiger partial charge in [-0.2, -0.15) is 0 Å². The average molecular weight is 691 g/mol. The number of esters is 1. The zero-order valence-corrected chi connectivity index (χ0v) is 30.2. The van der Waals surface area contributed by atoms with Crippen molar-refractivity contribution in [3.05, 3.63) is 72.9 Å². The van der Waals surface area contributed by atoms with Crippen molar-refractivity contribution in [2.24, 2.45) is 0 Å². The van der Waals surface area contributed by atoms with Crippen LogP contribution in [0, 0.1) is 0 Å². The van der Waals surface area contributed by atoms with Gasteiger partial charge in [0.25, 0.3) is 0 Å². The van der Waals surface area contributed by atoms with E-state index in [0.29, 0.717) is 13.0 Å². The van der Waals surface area contributed by atoms with Crippen LogP contribution in [0.15, 0.2) is 72.9 Å². The van der Waals surface area contributed by atoms with Crippen LogP contribution in [0.1, 0.15) is 110 Å².